The molecule has 0 saturated heterocycles. The molecule has 6 heteroatoms. The molecule has 0 bridgehead atoms. The van der Waals surface area contributed by atoms with E-state index < -0.39 is 10.1 Å². The Labute approximate surface area is 121 Å². The van der Waals surface area contributed by atoms with E-state index in [1.165, 1.54) is 31.8 Å². The smallest absolute Gasteiger partial charge is 0.294 e. The van der Waals surface area contributed by atoms with E-state index in [0.29, 0.717) is 0 Å². The first-order valence-electron chi connectivity index (χ1n) is 6.99. The highest BCUT2D eigenvalue weighted by Crippen LogP contribution is 2.24. The first-order chi connectivity index (χ1) is 9.42. The van der Waals surface area contributed by atoms with E-state index in [2.05, 4.69) is 31.0 Å². The molecule has 0 radical (unpaired) electrons. The highest BCUT2D eigenvalue weighted by molar-refractivity contribution is 7.85. The predicted octanol–water partition coefficient (Wildman–Crippen LogP) is 2.25. The van der Waals surface area contributed by atoms with Gasteiger partial charge in [-0.15, -0.1) is 0 Å². The van der Waals surface area contributed by atoms with Crippen LogP contribution in [-0.2, 0) is 16.5 Å². The number of hydrogen-bond acceptors (Lipinski definition) is 4. The van der Waals surface area contributed by atoms with Crippen molar-refractivity contribution in [2.24, 2.45) is 0 Å². The van der Waals surface area contributed by atoms with E-state index in [-0.39, 0.29) is 4.90 Å². The second-order valence-electron chi connectivity index (χ2n) is 4.59. The Morgan fingerprint density at radius 2 is 1.80 bits per heavy atom. The van der Waals surface area contributed by atoms with Gasteiger partial charge in [-0.3, -0.25) is 4.55 Å². The molecule has 0 saturated carbocycles. The van der Waals surface area contributed by atoms with Crippen LogP contribution >= 0.6 is 0 Å². The van der Waals surface area contributed by atoms with Crippen LogP contribution in [0.15, 0.2) is 23.1 Å². The average Bonchev–Trinajstić information content (AvgIpc) is 2.87. The fourth-order valence-corrected chi connectivity index (χ4v) is 2.64. The van der Waals surface area contributed by atoms with Gasteiger partial charge >= 0.3 is 0 Å². The van der Waals surface area contributed by atoms with Gasteiger partial charge in [-0.25, -0.2) is 0 Å². The van der Waals surface area contributed by atoms with Gasteiger partial charge in [-0.05, 0) is 49.8 Å². The Hall–Kier alpha value is -1.11. The number of benzene rings is 1. The van der Waals surface area contributed by atoms with E-state index in [0.717, 1.165) is 24.2 Å². The lowest BCUT2D eigenvalue weighted by atomic mass is 10.2. The van der Waals surface area contributed by atoms with Crippen LogP contribution < -0.4 is 5.32 Å². The SMILES string of the molecule is CCN(CC)CC.O=S(=O)(O)c1ccc2c(c1)CCN2. The summed E-state index contributed by atoms with van der Waals surface area (Å²) in [7, 11) is -4.05. The first-order valence-corrected chi connectivity index (χ1v) is 8.43. The number of anilines is 1. The number of nitrogens with zero attached hydrogens (tertiary/aromatic N) is 1. The van der Waals surface area contributed by atoms with Crippen molar-refractivity contribution in [2.45, 2.75) is 32.1 Å². The lowest BCUT2D eigenvalue weighted by Gasteiger charge is -2.13. The number of nitrogens with one attached hydrogen (secondary N) is 1. The fraction of sp³-hybridized carbons (Fsp3) is 0.571. The molecule has 0 aliphatic carbocycles. The molecule has 0 atom stereocenters. The summed E-state index contributed by atoms with van der Waals surface area (Å²) in [6, 6.07) is 4.57. The van der Waals surface area contributed by atoms with E-state index in [1.54, 1.807) is 6.07 Å². The summed E-state index contributed by atoms with van der Waals surface area (Å²) in [5.74, 6) is 0. The van der Waals surface area contributed by atoms with Gasteiger partial charge in [0.05, 0.1) is 4.90 Å². The van der Waals surface area contributed by atoms with Crippen molar-refractivity contribution in [3.8, 4) is 0 Å². The minimum atomic E-state index is -4.05. The molecule has 1 aromatic carbocycles. The summed E-state index contributed by atoms with van der Waals surface area (Å²) in [5.41, 5.74) is 1.89. The molecule has 20 heavy (non-hydrogen) atoms. The zero-order chi connectivity index (χ0) is 15.2. The number of rotatable bonds is 4. The van der Waals surface area contributed by atoms with Crippen molar-refractivity contribution in [2.75, 3.05) is 31.5 Å². The topological polar surface area (TPSA) is 69.6 Å². The molecule has 0 fully saturated rings. The Balaban J connectivity index is 0.000000246. The van der Waals surface area contributed by atoms with Crippen LogP contribution in [-0.4, -0.2) is 44.0 Å². The van der Waals surface area contributed by atoms with Gasteiger partial charge in [-0.1, -0.05) is 20.8 Å². The van der Waals surface area contributed by atoms with Crippen molar-refractivity contribution in [1.82, 2.24) is 4.90 Å². The van der Waals surface area contributed by atoms with Crippen LogP contribution in [0.5, 0.6) is 0 Å². The van der Waals surface area contributed by atoms with Gasteiger partial charge in [0.25, 0.3) is 10.1 Å². The summed E-state index contributed by atoms with van der Waals surface area (Å²) >= 11 is 0. The Bertz CT molecular complexity index is 520. The molecule has 2 rings (SSSR count). The third kappa shape index (κ3) is 4.77. The second-order valence-corrected chi connectivity index (χ2v) is 6.01. The molecule has 1 aliphatic rings. The van der Waals surface area contributed by atoms with Crippen LogP contribution in [0.4, 0.5) is 5.69 Å². The maximum absolute atomic E-state index is 10.8. The summed E-state index contributed by atoms with van der Waals surface area (Å²) in [6.45, 7) is 10.9. The Morgan fingerprint density at radius 3 is 2.25 bits per heavy atom. The molecule has 1 aliphatic heterocycles. The summed E-state index contributed by atoms with van der Waals surface area (Å²) < 4.78 is 30.3. The molecule has 114 valence electrons. The predicted molar refractivity (Wildman–Crippen MR) is 81.9 cm³/mol. The van der Waals surface area contributed by atoms with E-state index in [1.807, 2.05) is 0 Å². The van der Waals surface area contributed by atoms with Crippen LogP contribution in [0.1, 0.15) is 26.3 Å². The van der Waals surface area contributed by atoms with E-state index in [4.69, 9.17) is 4.55 Å². The van der Waals surface area contributed by atoms with Gasteiger partial charge in [0.15, 0.2) is 0 Å². The zero-order valence-corrected chi connectivity index (χ0v) is 13.2. The Morgan fingerprint density at radius 1 is 1.20 bits per heavy atom. The lowest BCUT2D eigenvalue weighted by molar-refractivity contribution is 0.321. The van der Waals surface area contributed by atoms with Crippen molar-refractivity contribution in [3.05, 3.63) is 23.8 Å². The standard InChI is InChI=1S/C8H9NO3S.C6H15N/c10-13(11,12)7-1-2-8-6(5-7)3-4-9-8;1-4-7(5-2)6-3/h1-2,5,9H,3-4H2,(H,10,11,12);4-6H2,1-3H3. The maximum Gasteiger partial charge on any atom is 0.294 e. The second kappa shape index (κ2) is 7.61. The molecule has 0 amide bonds. The summed E-state index contributed by atoms with van der Waals surface area (Å²) in [5, 5.41) is 3.10. The average molecular weight is 300 g/mol. The molecule has 1 heterocycles. The quantitative estimate of drug-likeness (QED) is 0.835. The molecule has 0 aromatic heterocycles. The van der Waals surface area contributed by atoms with E-state index in [9.17, 15) is 8.42 Å². The van der Waals surface area contributed by atoms with E-state index >= 15 is 0 Å². The van der Waals surface area contributed by atoms with Crippen molar-refractivity contribution in [1.29, 1.82) is 0 Å². The minimum absolute atomic E-state index is 0.0325. The van der Waals surface area contributed by atoms with Gasteiger partial charge in [-0.2, -0.15) is 8.42 Å². The highest BCUT2D eigenvalue weighted by atomic mass is 32.2. The van der Waals surface area contributed by atoms with Crippen molar-refractivity contribution in [3.63, 3.8) is 0 Å². The fourth-order valence-electron chi connectivity index (χ4n) is 2.11. The summed E-state index contributed by atoms with van der Waals surface area (Å²) in [4.78, 5) is 2.34. The van der Waals surface area contributed by atoms with Gasteiger partial charge in [0.2, 0.25) is 0 Å². The molecule has 2 N–H and O–H groups in total. The van der Waals surface area contributed by atoms with Crippen LogP contribution in [0.25, 0.3) is 0 Å². The third-order valence-corrected chi connectivity index (χ3v) is 4.28. The highest BCUT2D eigenvalue weighted by Gasteiger charge is 2.15. The van der Waals surface area contributed by atoms with Crippen LogP contribution in [0.3, 0.4) is 0 Å². The molecule has 1 aromatic rings. The lowest BCUT2D eigenvalue weighted by Crippen LogP contribution is -2.21. The zero-order valence-electron chi connectivity index (χ0n) is 12.4. The first kappa shape index (κ1) is 16.9. The van der Waals surface area contributed by atoms with Crippen LogP contribution in [0, 0.1) is 0 Å². The summed E-state index contributed by atoms with van der Waals surface area (Å²) in [6.07, 6.45) is 0.804. The van der Waals surface area contributed by atoms with Crippen molar-refractivity contribution < 1.29 is 13.0 Å². The van der Waals surface area contributed by atoms with Gasteiger partial charge in [0.1, 0.15) is 0 Å². The Kier molecular flexibility index (Phi) is 6.45. The largest absolute Gasteiger partial charge is 0.384 e. The molecule has 0 unspecified atom stereocenters. The number of fused-ring (bicyclic) bond motifs is 1. The van der Waals surface area contributed by atoms with Crippen LogP contribution in [0.2, 0.25) is 0 Å². The van der Waals surface area contributed by atoms with Gasteiger partial charge in [0, 0.05) is 12.2 Å². The monoisotopic (exact) mass is 300 g/mol. The maximum atomic E-state index is 10.8. The molecular weight excluding hydrogens is 276 g/mol. The third-order valence-electron chi connectivity index (χ3n) is 3.43. The molecule has 0 spiro atoms. The molecule has 5 nitrogen and oxygen atoms in total. The number of hydrogen-bond donors (Lipinski definition) is 2. The normalized spacial score (nSPS) is 13.4. The van der Waals surface area contributed by atoms with Crippen molar-refractivity contribution >= 4 is 15.8 Å². The van der Waals surface area contributed by atoms with Gasteiger partial charge < -0.3 is 10.2 Å². The minimum Gasteiger partial charge on any atom is -0.384 e. The molecular formula is C14H24N2O3S.